The first-order chi connectivity index (χ1) is 7.84. The summed E-state index contributed by atoms with van der Waals surface area (Å²) in [4.78, 5) is 22.9. The fraction of sp³-hybridized carbons (Fsp3) is 0.444. The van der Waals surface area contributed by atoms with Gasteiger partial charge in [0.1, 0.15) is 12.1 Å². The third-order valence-corrected chi connectivity index (χ3v) is 2.02. The number of aliphatic carboxylic acids is 1. The van der Waals surface area contributed by atoms with Gasteiger partial charge in [-0.05, 0) is 6.92 Å². The standard InChI is InChI=1S/C9H10F2N2O4/c1-4-6(7(8(10)11)17-12-4)9(16)13(2)3-5(14)15/h8H,3H2,1-2H3,(H,14,15). The maximum atomic E-state index is 12.5. The highest BCUT2D eigenvalue weighted by Gasteiger charge is 2.29. The number of nitrogens with zero attached hydrogens (tertiary/aromatic N) is 2. The van der Waals surface area contributed by atoms with Crippen LogP contribution in [-0.4, -0.2) is 40.6 Å². The fourth-order valence-corrected chi connectivity index (χ4v) is 1.26. The first kappa shape index (κ1) is 13.1. The molecule has 0 bridgehead atoms. The zero-order chi connectivity index (χ0) is 13.2. The third-order valence-electron chi connectivity index (χ3n) is 2.02. The molecule has 0 saturated carbocycles. The van der Waals surface area contributed by atoms with E-state index in [0.29, 0.717) is 0 Å². The zero-order valence-corrected chi connectivity index (χ0v) is 9.11. The lowest BCUT2D eigenvalue weighted by Crippen LogP contribution is -2.32. The van der Waals surface area contributed by atoms with Crippen molar-refractivity contribution in [2.45, 2.75) is 13.3 Å². The molecule has 1 N–H and O–H groups in total. The van der Waals surface area contributed by atoms with Gasteiger partial charge in [0.15, 0.2) is 0 Å². The van der Waals surface area contributed by atoms with E-state index in [4.69, 9.17) is 5.11 Å². The molecule has 0 atom stereocenters. The Morgan fingerprint density at radius 1 is 1.53 bits per heavy atom. The minimum absolute atomic E-state index is 0.00235. The van der Waals surface area contributed by atoms with E-state index in [0.717, 1.165) is 4.90 Å². The van der Waals surface area contributed by atoms with E-state index in [2.05, 4.69) is 9.68 Å². The molecule has 0 radical (unpaired) electrons. The van der Waals surface area contributed by atoms with Crippen molar-refractivity contribution >= 4 is 11.9 Å². The molecule has 1 heterocycles. The molecule has 0 spiro atoms. The average Bonchev–Trinajstić information content (AvgIpc) is 2.58. The minimum atomic E-state index is -2.98. The van der Waals surface area contributed by atoms with Crippen LogP contribution < -0.4 is 0 Å². The number of rotatable bonds is 4. The zero-order valence-electron chi connectivity index (χ0n) is 9.11. The first-order valence-corrected chi connectivity index (χ1v) is 4.56. The Bertz CT molecular complexity index is 444. The molecule has 0 saturated heterocycles. The Kier molecular flexibility index (Phi) is 3.77. The number of likely N-dealkylation sites (N-methyl/N-ethyl adjacent to an activating group) is 1. The first-order valence-electron chi connectivity index (χ1n) is 4.56. The Labute approximate surface area is 94.8 Å². The van der Waals surface area contributed by atoms with Crippen LogP contribution in [0.3, 0.4) is 0 Å². The number of aromatic nitrogens is 1. The second kappa shape index (κ2) is 4.89. The van der Waals surface area contributed by atoms with Gasteiger partial charge < -0.3 is 14.5 Å². The lowest BCUT2D eigenvalue weighted by Gasteiger charge is -2.14. The molecule has 0 aliphatic rings. The van der Waals surface area contributed by atoms with E-state index in [1.165, 1.54) is 14.0 Å². The van der Waals surface area contributed by atoms with Gasteiger partial charge in [-0.15, -0.1) is 0 Å². The molecule has 94 valence electrons. The molecular formula is C9H10F2N2O4. The number of hydrogen-bond donors (Lipinski definition) is 1. The molecule has 8 heteroatoms. The molecule has 0 aliphatic carbocycles. The number of halogens is 2. The second-order valence-electron chi connectivity index (χ2n) is 3.36. The minimum Gasteiger partial charge on any atom is -0.480 e. The molecule has 6 nitrogen and oxygen atoms in total. The summed E-state index contributed by atoms with van der Waals surface area (Å²) in [5.41, 5.74) is -0.383. The van der Waals surface area contributed by atoms with Gasteiger partial charge in [-0.3, -0.25) is 9.59 Å². The number of carbonyl (C=O) groups excluding carboxylic acids is 1. The van der Waals surface area contributed by atoms with Gasteiger partial charge in [0.25, 0.3) is 12.3 Å². The third kappa shape index (κ3) is 2.77. The van der Waals surface area contributed by atoms with Crippen LogP contribution in [0.15, 0.2) is 4.52 Å². The van der Waals surface area contributed by atoms with E-state index >= 15 is 0 Å². The predicted molar refractivity (Wildman–Crippen MR) is 50.8 cm³/mol. The van der Waals surface area contributed by atoms with Crippen LogP contribution in [0, 0.1) is 6.92 Å². The largest absolute Gasteiger partial charge is 0.480 e. The van der Waals surface area contributed by atoms with Crippen LogP contribution in [0.2, 0.25) is 0 Å². The molecule has 1 aromatic rings. The van der Waals surface area contributed by atoms with Gasteiger partial charge in [-0.2, -0.15) is 0 Å². The number of hydrogen-bond acceptors (Lipinski definition) is 4. The van der Waals surface area contributed by atoms with E-state index in [9.17, 15) is 18.4 Å². The topological polar surface area (TPSA) is 83.6 Å². The fourth-order valence-electron chi connectivity index (χ4n) is 1.26. The van der Waals surface area contributed by atoms with Crippen molar-refractivity contribution in [3.63, 3.8) is 0 Å². The lowest BCUT2D eigenvalue weighted by atomic mass is 10.1. The van der Waals surface area contributed by atoms with Gasteiger partial charge in [0.2, 0.25) is 5.76 Å². The van der Waals surface area contributed by atoms with Gasteiger partial charge >= 0.3 is 5.97 Å². The summed E-state index contributed by atoms with van der Waals surface area (Å²) in [6, 6.07) is 0. The van der Waals surface area contributed by atoms with E-state index in [-0.39, 0.29) is 11.3 Å². The SMILES string of the molecule is Cc1noc(C(F)F)c1C(=O)N(C)CC(=O)O. The van der Waals surface area contributed by atoms with Gasteiger partial charge in [0, 0.05) is 7.05 Å². The van der Waals surface area contributed by atoms with Gasteiger partial charge in [0.05, 0.1) is 5.69 Å². The van der Waals surface area contributed by atoms with Crippen LogP contribution in [-0.2, 0) is 4.79 Å². The summed E-state index contributed by atoms with van der Waals surface area (Å²) in [6.07, 6.45) is -2.98. The maximum absolute atomic E-state index is 12.5. The van der Waals surface area contributed by atoms with Crippen molar-refractivity contribution < 1.29 is 28.0 Å². The van der Waals surface area contributed by atoms with Crippen molar-refractivity contribution in [1.82, 2.24) is 10.1 Å². The van der Waals surface area contributed by atoms with Crippen molar-refractivity contribution in [2.75, 3.05) is 13.6 Å². The summed E-state index contributed by atoms with van der Waals surface area (Å²) in [5, 5.41) is 11.8. The number of carboxylic acid groups (broad SMARTS) is 1. The van der Waals surface area contributed by atoms with Crippen molar-refractivity contribution in [1.29, 1.82) is 0 Å². The van der Waals surface area contributed by atoms with E-state index < -0.39 is 30.6 Å². The van der Waals surface area contributed by atoms with Crippen LogP contribution >= 0.6 is 0 Å². The predicted octanol–water partition coefficient (Wildman–Crippen LogP) is 1.08. The Balaban J connectivity index is 3.03. The van der Waals surface area contributed by atoms with Crippen LogP contribution in [0.1, 0.15) is 28.2 Å². The van der Waals surface area contributed by atoms with E-state index in [1.807, 2.05) is 0 Å². The second-order valence-corrected chi connectivity index (χ2v) is 3.36. The van der Waals surface area contributed by atoms with Crippen LogP contribution in [0.4, 0.5) is 8.78 Å². The summed E-state index contributed by atoms with van der Waals surface area (Å²) < 4.78 is 29.4. The Morgan fingerprint density at radius 3 is 2.59 bits per heavy atom. The highest BCUT2D eigenvalue weighted by Crippen LogP contribution is 2.25. The number of carbonyl (C=O) groups is 2. The van der Waals surface area contributed by atoms with E-state index in [1.54, 1.807) is 0 Å². The van der Waals surface area contributed by atoms with Crippen molar-refractivity contribution in [3.05, 3.63) is 17.0 Å². The molecule has 1 rings (SSSR count). The van der Waals surface area contributed by atoms with Gasteiger partial charge in [-0.25, -0.2) is 8.78 Å². The molecular weight excluding hydrogens is 238 g/mol. The Hall–Kier alpha value is -1.99. The summed E-state index contributed by atoms with van der Waals surface area (Å²) >= 11 is 0. The highest BCUT2D eigenvalue weighted by molar-refractivity contribution is 5.97. The molecule has 0 aromatic carbocycles. The van der Waals surface area contributed by atoms with Crippen molar-refractivity contribution in [3.8, 4) is 0 Å². The number of alkyl halides is 2. The van der Waals surface area contributed by atoms with Crippen LogP contribution in [0.5, 0.6) is 0 Å². The molecule has 1 amide bonds. The van der Waals surface area contributed by atoms with Crippen molar-refractivity contribution in [2.24, 2.45) is 0 Å². The number of aryl methyl sites for hydroxylation is 1. The van der Waals surface area contributed by atoms with Crippen LogP contribution in [0.25, 0.3) is 0 Å². The lowest BCUT2D eigenvalue weighted by molar-refractivity contribution is -0.137. The number of carboxylic acids is 1. The summed E-state index contributed by atoms with van der Waals surface area (Å²) in [6.45, 7) is 0.739. The number of amides is 1. The molecule has 0 unspecified atom stereocenters. The summed E-state index contributed by atoms with van der Waals surface area (Å²) in [5.74, 6) is -2.94. The smallest absolute Gasteiger partial charge is 0.323 e. The molecule has 0 aliphatic heterocycles. The maximum Gasteiger partial charge on any atom is 0.323 e. The summed E-state index contributed by atoms with van der Waals surface area (Å²) in [7, 11) is 1.19. The molecule has 0 fully saturated rings. The highest BCUT2D eigenvalue weighted by atomic mass is 19.3. The normalized spacial score (nSPS) is 10.6. The van der Waals surface area contributed by atoms with Gasteiger partial charge in [-0.1, -0.05) is 5.16 Å². The Morgan fingerprint density at radius 2 is 2.12 bits per heavy atom. The quantitative estimate of drug-likeness (QED) is 0.861. The molecule has 17 heavy (non-hydrogen) atoms. The molecule has 1 aromatic heterocycles. The average molecular weight is 248 g/mol. The monoisotopic (exact) mass is 248 g/mol.